The zero-order valence-corrected chi connectivity index (χ0v) is 11.0. The van der Waals surface area contributed by atoms with Crippen molar-refractivity contribution in [1.82, 2.24) is 9.78 Å². The summed E-state index contributed by atoms with van der Waals surface area (Å²) >= 11 is 0. The molecule has 1 aromatic carbocycles. The standard InChI is InChI=1S/C14H19N3O2/c1-11(13-4-2-3-12(7-13)10-19)16-14-8-15-17(9-14)5-6-18/h2-4,7-9,11,16,18-19H,5-6,10H2,1H3. The third-order valence-corrected chi connectivity index (χ3v) is 2.98. The van der Waals surface area contributed by atoms with Gasteiger partial charge in [-0.1, -0.05) is 24.3 Å². The van der Waals surface area contributed by atoms with E-state index >= 15 is 0 Å². The van der Waals surface area contributed by atoms with Crippen molar-refractivity contribution in [3.8, 4) is 0 Å². The van der Waals surface area contributed by atoms with Gasteiger partial charge < -0.3 is 15.5 Å². The molecule has 0 fully saturated rings. The van der Waals surface area contributed by atoms with Gasteiger partial charge in [0.05, 0.1) is 31.6 Å². The van der Waals surface area contributed by atoms with Crippen LogP contribution in [0.3, 0.4) is 0 Å². The van der Waals surface area contributed by atoms with Gasteiger partial charge in [0, 0.05) is 12.2 Å². The Bertz CT molecular complexity index is 525. The molecule has 1 atom stereocenters. The molecular weight excluding hydrogens is 242 g/mol. The molecule has 0 bridgehead atoms. The van der Waals surface area contributed by atoms with Crippen LogP contribution in [0.25, 0.3) is 0 Å². The SMILES string of the molecule is CC(Nc1cnn(CCO)c1)c1cccc(CO)c1. The van der Waals surface area contributed by atoms with Gasteiger partial charge in [0.15, 0.2) is 0 Å². The van der Waals surface area contributed by atoms with Crippen LogP contribution in [-0.4, -0.2) is 26.6 Å². The molecule has 2 rings (SSSR count). The van der Waals surface area contributed by atoms with E-state index in [0.29, 0.717) is 6.54 Å². The third-order valence-electron chi connectivity index (χ3n) is 2.98. The highest BCUT2D eigenvalue weighted by atomic mass is 16.3. The van der Waals surface area contributed by atoms with E-state index in [4.69, 9.17) is 10.2 Å². The highest BCUT2D eigenvalue weighted by Gasteiger charge is 2.07. The maximum absolute atomic E-state index is 9.14. The van der Waals surface area contributed by atoms with E-state index in [0.717, 1.165) is 16.8 Å². The van der Waals surface area contributed by atoms with Crippen LogP contribution in [-0.2, 0) is 13.2 Å². The minimum Gasteiger partial charge on any atom is -0.394 e. The van der Waals surface area contributed by atoms with Crippen molar-refractivity contribution in [2.24, 2.45) is 0 Å². The molecule has 102 valence electrons. The number of aromatic nitrogens is 2. The van der Waals surface area contributed by atoms with E-state index in [1.165, 1.54) is 0 Å². The maximum atomic E-state index is 9.14. The molecule has 1 aromatic heterocycles. The number of benzene rings is 1. The molecule has 3 N–H and O–H groups in total. The lowest BCUT2D eigenvalue weighted by Gasteiger charge is -2.14. The number of hydrogen-bond donors (Lipinski definition) is 3. The highest BCUT2D eigenvalue weighted by Crippen LogP contribution is 2.19. The van der Waals surface area contributed by atoms with Crippen LogP contribution in [0.1, 0.15) is 24.1 Å². The summed E-state index contributed by atoms with van der Waals surface area (Å²) in [6.07, 6.45) is 3.60. The van der Waals surface area contributed by atoms with Crippen molar-refractivity contribution in [3.05, 3.63) is 47.8 Å². The second-order valence-corrected chi connectivity index (χ2v) is 4.48. The Morgan fingerprint density at radius 2 is 2.21 bits per heavy atom. The fraction of sp³-hybridized carbons (Fsp3) is 0.357. The summed E-state index contributed by atoms with van der Waals surface area (Å²) in [5.41, 5.74) is 2.93. The summed E-state index contributed by atoms with van der Waals surface area (Å²) in [6.45, 7) is 2.68. The lowest BCUT2D eigenvalue weighted by atomic mass is 10.1. The molecular formula is C14H19N3O2. The average molecular weight is 261 g/mol. The molecule has 0 aliphatic carbocycles. The van der Waals surface area contributed by atoms with Gasteiger partial charge >= 0.3 is 0 Å². The van der Waals surface area contributed by atoms with Crippen LogP contribution in [0.15, 0.2) is 36.7 Å². The topological polar surface area (TPSA) is 70.3 Å². The van der Waals surface area contributed by atoms with Gasteiger partial charge in [0.25, 0.3) is 0 Å². The van der Waals surface area contributed by atoms with Gasteiger partial charge in [0.2, 0.25) is 0 Å². The Balaban J connectivity index is 2.04. The normalized spacial score (nSPS) is 12.4. The lowest BCUT2D eigenvalue weighted by Crippen LogP contribution is -2.06. The summed E-state index contributed by atoms with van der Waals surface area (Å²) in [5, 5.41) is 25.5. The second kappa shape index (κ2) is 6.36. The molecule has 0 aliphatic heterocycles. The van der Waals surface area contributed by atoms with Crippen molar-refractivity contribution in [2.75, 3.05) is 11.9 Å². The van der Waals surface area contributed by atoms with E-state index in [1.807, 2.05) is 30.5 Å². The Labute approximate surface area is 112 Å². The summed E-state index contributed by atoms with van der Waals surface area (Å²) in [6, 6.07) is 7.97. The Hall–Kier alpha value is -1.85. The van der Waals surface area contributed by atoms with Crippen molar-refractivity contribution in [3.63, 3.8) is 0 Å². The Morgan fingerprint density at radius 3 is 2.95 bits per heavy atom. The van der Waals surface area contributed by atoms with E-state index in [9.17, 15) is 0 Å². The largest absolute Gasteiger partial charge is 0.394 e. The molecule has 0 saturated heterocycles. The first-order valence-electron chi connectivity index (χ1n) is 6.32. The van der Waals surface area contributed by atoms with E-state index < -0.39 is 0 Å². The zero-order chi connectivity index (χ0) is 13.7. The molecule has 5 heteroatoms. The molecule has 0 saturated carbocycles. The third kappa shape index (κ3) is 3.56. The molecule has 0 radical (unpaired) electrons. The first-order chi connectivity index (χ1) is 9.22. The van der Waals surface area contributed by atoms with Crippen molar-refractivity contribution in [1.29, 1.82) is 0 Å². The average Bonchev–Trinajstić information content (AvgIpc) is 2.86. The zero-order valence-electron chi connectivity index (χ0n) is 11.0. The molecule has 2 aromatic rings. The first-order valence-corrected chi connectivity index (χ1v) is 6.32. The number of nitrogens with zero attached hydrogens (tertiary/aromatic N) is 2. The number of anilines is 1. The first kappa shape index (κ1) is 13.6. The molecule has 1 unspecified atom stereocenters. The summed E-state index contributed by atoms with van der Waals surface area (Å²) in [7, 11) is 0. The minimum absolute atomic E-state index is 0.0506. The fourth-order valence-electron chi connectivity index (χ4n) is 1.96. The van der Waals surface area contributed by atoms with Crippen LogP contribution in [0.2, 0.25) is 0 Å². The predicted molar refractivity (Wildman–Crippen MR) is 73.7 cm³/mol. The van der Waals surface area contributed by atoms with E-state index in [2.05, 4.69) is 17.3 Å². The second-order valence-electron chi connectivity index (χ2n) is 4.48. The van der Waals surface area contributed by atoms with Crippen LogP contribution in [0, 0.1) is 0 Å². The van der Waals surface area contributed by atoms with Crippen molar-refractivity contribution in [2.45, 2.75) is 26.1 Å². The molecule has 0 spiro atoms. The number of rotatable bonds is 6. The maximum Gasteiger partial charge on any atom is 0.0731 e. The molecule has 1 heterocycles. The van der Waals surface area contributed by atoms with Crippen molar-refractivity contribution < 1.29 is 10.2 Å². The highest BCUT2D eigenvalue weighted by molar-refractivity contribution is 5.42. The minimum atomic E-state index is 0.0506. The van der Waals surface area contributed by atoms with Gasteiger partial charge in [-0.15, -0.1) is 0 Å². The van der Waals surface area contributed by atoms with Crippen LogP contribution in [0.4, 0.5) is 5.69 Å². The molecule has 19 heavy (non-hydrogen) atoms. The fourth-order valence-corrected chi connectivity index (χ4v) is 1.96. The molecule has 5 nitrogen and oxygen atoms in total. The molecule has 0 aliphatic rings. The number of aliphatic hydroxyl groups is 2. The summed E-state index contributed by atoms with van der Waals surface area (Å²) in [4.78, 5) is 0. The monoisotopic (exact) mass is 261 g/mol. The van der Waals surface area contributed by atoms with Gasteiger partial charge in [0.1, 0.15) is 0 Å². The number of hydrogen-bond acceptors (Lipinski definition) is 4. The van der Waals surface area contributed by atoms with Gasteiger partial charge in [-0.2, -0.15) is 5.10 Å². The predicted octanol–water partition coefficient (Wildman–Crippen LogP) is 1.54. The number of aliphatic hydroxyl groups excluding tert-OH is 2. The van der Waals surface area contributed by atoms with Gasteiger partial charge in [-0.05, 0) is 18.1 Å². The number of nitrogens with one attached hydrogen (secondary N) is 1. The molecule has 0 amide bonds. The van der Waals surface area contributed by atoms with Crippen LogP contribution < -0.4 is 5.32 Å². The summed E-state index contributed by atoms with van der Waals surface area (Å²) in [5.74, 6) is 0. The lowest BCUT2D eigenvalue weighted by molar-refractivity contribution is 0.269. The van der Waals surface area contributed by atoms with Gasteiger partial charge in [-0.3, -0.25) is 4.68 Å². The Kier molecular flexibility index (Phi) is 4.54. The van der Waals surface area contributed by atoms with E-state index in [-0.39, 0.29) is 19.3 Å². The summed E-state index contributed by atoms with van der Waals surface area (Å²) < 4.78 is 1.69. The smallest absolute Gasteiger partial charge is 0.0731 e. The van der Waals surface area contributed by atoms with Crippen molar-refractivity contribution >= 4 is 5.69 Å². The Morgan fingerprint density at radius 1 is 1.37 bits per heavy atom. The van der Waals surface area contributed by atoms with Gasteiger partial charge in [-0.25, -0.2) is 0 Å². The quantitative estimate of drug-likeness (QED) is 0.737. The van der Waals surface area contributed by atoms with E-state index in [1.54, 1.807) is 10.9 Å². The van der Waals surface area contributed by atoms with Crippen LogP contribution >= 0.6 is 0 Å². The van der Waals surface area contributed by atoms with Crippen LogP contribution in [0.5, 0.6) is 0 Å².